The Kier molecular flexibility index (Phi) is 7.66. The molecule has 2 bridgehead atoms. The molecule has 5 aliphatic rings. The van der Waals surface area contributed by atoms with E-state index in [1.54, 1.807) is 23.1 Å². The summed E-state index contributed by atoms with van der Waals surface area (Å²) in [6.45, 7) is 3.13. The number of ether oxygens (including phenoxy) is 1. The zero-order valence-electron chi connectivity index (χ0n) is 22.0. The second-order valence-corrected chi connectivity index (χ2v) is 12.5. The molecule has 1 aromatic rings. The maximum atomic E-state index is 14.1. The van der Waals surface area contributed by atoms with Crippen molar-refractivity contribution in [2.75, 3.05) is 31.5 Å². The predicted octanol–water partition coefficient (Wildman–Crippen LogP) is 4.02. The quantitative estimate of drug-likeness (QED) is 0.480. The molecule has 39 heavy (non-hydrogen) atoms. The van der Waals surface area contributed by atoms with Gasteiger partial charge in [-0.15, -0.1) is 0 Å². The Bertz CT molecular complexity index is 1150. The first kappa shape index (κ1) is 27.1. The van der Waals surface area contributed by atoms with Crippen LogP contribution in [0.3, 0.4) is 0 Å². The molecule has 210 valence electrons. The maximum Gasteiger partial charge on any atom is 0.246 e. The highest BCUT2D eigenvalue weighted by atomic mass is 35.5. The number of carbonyl (C=O) groups excluding carboxylic acids is 3. The minimum atomic E-state index is -1.16. The van der Waals surface area contributed by atoms with Crippen LogP contribution in [0.2, 0.25) is 10.0 Å². The fourth-order valence-electron chi connectivity index (χ4n) is 7.32. The molecule has 4 heterocycles. The van der Waals surface area contributed by atoms with E-state index in [2.05, 4.69) is 15.5 Å². The van der Waals surface area contributed by atoms with Crippen molar-refractivity contribution in [3.63, 3.8) is 0 Å². The average molecular weight is 576 g/mol. The summed E-state index contributed by atoms with van der Waals surface area (Å²) in [7, 11) is 0. The molecule has 1 saturated carbocycles. The lowest BCUT2D eigenvalue weighted by molar-refractivity contribution is -0.141. The molecule has 1 spiro atoms. The number of amides is 3. The summed E-state index contributed by atoms with van der Waals surface area (Å²) in [6, 6.07) is 4.13. The van der Waals surface area contributed by atoms with Crippen molar-refractivity contribution in [2.24, 2.45) is 11.8 Å². The number of piperidine rings is 1. The fourth-order valence-corrected chi connectivity index (χ4v) is 7.84. The van der Waals surface area contributed by atoms with Crippen molar-refractivity contribution < 1.29 is 19.1 Å². The van der Waals surface area contributed by atoms with Crippen LogP contribution in [-0.4, -0.2) is 77.5 Å². The van der Waals surface area contributed by atoms with Crippen molar-refractivity contribution in [1.29, 1.82) is 0 Å². The number of hydrogen-bond acceptors (Lipinski definition) is 5. The second kappa shape index (κ2) is 11.0. The van der Waals surface area contributed by atoms with Gasteiger partial charge in [-0.25, -0.2) is 0 Å². The number of carbonyl (C=O) groups is 3. The third-order valence-electron chi connectivity index (χ3n) is 9.11. The molecule has 0 unspecified atom stereocenters. The highest BCUT2D eigenvalue weighted by Gasteiger charge is 2.72. The van der Waals surface area contributed by atoms with Crippen molar-refractivity contribution >= 4 is 46.6 Å². The van der Waals surface area contributed by atoms with Crippen LogP contribution in [0.25, 0.3) is 0 Å². The average Bonchev–Trinajstić information content (AvgIpc) is 3.55. The van der Waals surface area contributed by atoms with Crippen molar-refractivity contribution in [3.05, 3.63) is 40.4 Å². The highest BCUT2D eigenvalue weighted by Crippen LogP contribution is 2.55. The number of nitrogens with one attached hydrogen (secondary N) is 2. The van der Waals surface area contributed by atoms with Crippen LogP contribution < -0.4 is 10.6 Å². The van der Waals surface area contributed by atoms with Gasteiger partial charge in [0.2, 0.25) is 17.7 Å². The van der Waals surface area contributed by atoms with E-state index >= 15 is 0 Å². The SMILES string of the molecule is O=C(Nc1cc(Cl)cc(Cl)c1)[C@H]1[C@@H]2C=C[C@]3(O2)[C@@H]1C(=O)N(CCN1CCCCC1)[C@@H]3C(=O)NC1CCCCC1. The largest absolute Gasteiger partial charge is 0.359 e. The van der Waals surface area contributed by atoms with Crippen LogP contribution in [0.5, 0.6) is 0 Å². The Morgan fingerprint density at radius 3 is 2.36 bits per heavy atom. The van der Waals surface area contributed by atoms with Crippen LogP contribution in [0.1, 0.15) is 51.4 Å². The number of halogens is 2. The van der Waals surface area contributed by atoms with Gasteiger partial charge < -0.3 is 25.2 Å². The number of likely N-dealkylation sites (tertiary alicyclic amines) is 2. The highest BCUT2D eigenvalue weighted by molar-refractivity contribution is 6.35. The summed E-state index contributed by atoms with van der Waals surface area (Å²) < 4.78 is 6.46. The lowest BCUT2D eigenvalue weighted by Gasteiger charge is -2.35. The van der Waals surface area contributed by atoms with Gasteiger partial charge in [0, 0.05) is 34.9 Å². The van der Waals surface area contributed by atoms with Crippen LogP contribution in [-0.2, 0) is 19.1 Å². The first-order chi connectivity index (χ1) is 18.9. The fraction of sp³-hybridized carbons (Fsp3) is 0.621. The first-order valence-corrected chi connectivity index (χ1v) is 15.1. The van der Waals surface area contributed by atoms with Gasteiger partial charge in [0.25, 0.3) is 0 Å². The van der Waals surface area contributed by atoms with Gasteiger partial charge in [0.1, 0.15) is 11.6 Å². The second-order valence-electron chi connectivity index (χ2n) is 11.6. The Labute approximate surface area is 239 Å². The smallest absolute Gasteiger partial charge is 0.246 e. The zero-order valence-corrected chi connectivity index (χ0v) is 23.6. The normalized spacial score (nSPS) is 32.5. The molecule has 2 N–H and O–H groups in total. The van der Waals surface area contributed by atoms with Gasteiger partial charge in [-0.3, -0.25) is 14.4 Å². The Hall–Kier alpha value is -2.13. The Morgan fingerprint density at radius 1 is 0.949 bits per heavy atom. The number of fused-ring (bicyclic) bond motifs is 1. The predicted molar refractivity (Wildman–Crippen MR) is 150 cm³/mol. The van der Waals surface area contributed by atoms with Crippen molar-refractivity contribution in [3.8, 4) is 0 Å². The zero-order chi connectivity index (χ0) is 27.1. The monoisotopic (exact) mass is 574 g/mol. The maximum absolute atomic E-state index is 14.1. The summed E-state index contributed by atoms with van der Waals surface area (Å²) in [5, 5.41) is 6.94. The summed E-state index contributed by atoms with van der Waals surface area (Å²) in [5.41, 5.74) is -0.701. The number of rotatable bonds is 7. The standard InChI is InChI=1S/C29H36Cl2N4O4/c30-18-15-19(31)17-21(16-18)33-26(36)23-22-9-10-29(39-22)24(23)28(38)35(14-13-34-11-5-2-6-12-34)25(29)27(37)32-20-7-3-1-4-8-20/h9-10,15-17,20,22-25H,1-8,11-14H2,(H,32,37)(H,33,36)/t22-,23-,24-,25+,29-/m0/s1. The van der Waals surface area contributed by atoms with Gasteiger partial charge in [-0.2, -0.15) is 0 Å². The molecule has 0 aromatic heterocycles. The van der Waals surface area contributed by atoms with Gasteiger partial charge >= 0.3 is 0 Å². The van der Waals surface area contributed by atoms with E-state index in [1.807, 2.05) is 12.2 Å². The molecule has 5 atom stereocenters. The number of anilines is 1. The van der Waals surface area contributed by atoms with E-state index in [0.717, 1.165) is 51.6 Å². The van der Waals surface area contributed by atoms with Crippen LogP contribution in [0.4, 0.5) is 5.69 Å². The first-order valence-electron chi connectivity index (χ1n) is 14.3. The van der Waals surface area contributed by atoms with Crippen molar-refractivity contribution in [2.45, 2.75) is 75.2 Å². The van der Waals surface area contributed by atoms with E-state index < -0.39 is 29.6 Å². The minimum absolute atomic E-state index is 0.106. The van der Waals surface area contributed by atoms with Crippen LogP contribution in [0.15, 0.2) is 30.4 Å². The van der Waals surface area contributed by atoms with E-state index in [9.17, 15) is 14.4 Å². The van der Waals surface area contributed by atoms with Crippen LogP contribution >= 0.6 is 23.2 Å². The Balaban J connectivity index is 1.27. The third kappa shape index (κ3) is 5.09. The molecule has 6 rings (SSSR count). The molecule has 8 nitrogen and oxygen atoms in total. The lowest BCUT2D eigenvalue weighted by atomic mass is 9.74. The molecule has 3 amide bonds. The van der Waals surface area contributed by atoms with E-state index in [-0.39, 0.29) is 23.8 Å². The third-order valence-corrected chi connectivity index (χ3v) is 9.55. The van der Waals surface area contributed by atoms with Gasteiger partial charge in [0.05, 0.1) is 17.9 Å². The molecule has 0 radical (unpaired) electrons. The van der Waals surface area contributed by atoms with Gasteiger partial charge in [-0.05, 0) is 57.0 Å². The molecular formula is C29H36Cl2N4O4. The molecule has 1 aliphatic carbocycles. The van der Waals surface area contributed by atoms with Gasteiger partial charge in [-0.1, -0.05) is 61.0 Å². The summed E-state index contributed by atoms with van der Waals surface area (Å²) in [4.78, 5) is 45.7. The number of benzene rings is 1. The summed E-state index contributed by atoms with van der Waals surface area (Å²) >= 11 is 12.3. The molecule has 3 saturated heterocycles. The molecule has 10 heteroatoms. The lowest BCUT2D eigenvalue weighted by Crippen LogP contribution is -2.57. The van der Waals surface area contributed by atoms with Crippen molar-refractivity contribution in [1.82, 2.24) is 15.1 Å². The number of hydrogen-bond donors (Lipinski definition) is 2. The van der Waals surface area contributed by atoms with Gasteiger partial charge in [0.15, 0.2) is 0 Å². The molecule has 4 fully saturated rings. The summed E-state index contributed by atoms with van der Waals surface area (Å²) in [5.74, 6) is -2.24. The van der Waals surface area contributed by atoms with Crippen LogP contribution in [0, 0.1) is 11.8 Å². The molecule has 4 aliphatic heterocycles. The van der Waals surface area contributed by atoms with E-state index in [1.165, 1.54) is 12.8 Å². The molecule has 1 aromatic carbocycles. The van der Waals surface area contributed by atoms with E-state index in [0.29, 0.717) is 28.8 Å². The number of nitrogens with zero attached hydrogens (tertiary/aromatic N) is 2. The Morgan fingerprint density at radius 2 is 1.64 bits per heavy atom. The summed E-state index contributed by atoms with van der Waals surface area (Å²) in [6.07, 6.45) is 11.9. The van der Waals surface area contributed by atoms with E-state index in [4.69, 9.17) is 27.9 Å². The topological polar surface area (TPSA) is 91.0 Å². The minimum Gasteiger partial charge on any atom is -0.359 e. The molecular weight excluding hydrogens is 539 g/mol.